The molecule has 3 rings (SSSR count). The highest BCUT2D eigenvalue weighted by atomic mass is 16.1. The summed E-state index contributed by atoms with van der Waals surface area (Å²) in [5, 5.41) is 3.04. The van der Waals surface area contributed by atoms with Gasteiger partial charge in [0.1, 0.15) is 5.82 Å². The van der Waals surface area contributed by atoms with Crippen LogP contribution in [0.5, 0.6) is 0 Å². The molecule has 27 heavy (non-hydrogen) atoms. The maximum Gasteiger partial charge on any atom is 0.225 e. The van der Waals surface area contributed by atoms with Gasteiger partial charge in [0, 0.05) is 56.6 Å². The SMILES string of the molecule is CCc1ccccc1NC(=O)CCN1CCN(c2cc(C)nc(N)n2)CC1. The fourth-order valence-corrected chi connectivity index (χ4v) is 3.36. The fraction of sp³-hybridized carbons (Fsp3) is 0.450. The van der Waals surface area contributed by atoms with E-state index in [4.69, 9.17) is 5.73 Å². The number of para-hydroxylation sites is 1. The summed E-state index contributed by atoms with van der Waals surface area (Å²) < 4.78 is 0. The van der Waals surface area contributed by atoms with Crippen molar-refractivity contribution in [2.45, 2.75) is 26.7 Å². The lowest BCUT2D eigenvalue weighted by molar-refractivity contribution is -0.116. The van der Waals surface area contributed by atoms with Gasteiger partial charge in [-0.1, -0.05) is 25.1 Å². The number of nitrogens with zero attached hydrogens (tertiary/aromatic N) is 4. The molecule has 1 aromatic carbocycles. The van der Waals surface area contributed by atoms with Crippen LogP contribution in [0, 0.1) is 6.92 Å². The first-order chi connectivity index (χ1) is 13.0. The standard InChI is InChI=1S/C20H28N6O/c1-3-16-6-4-5-7-17(16)23-19(27)8-9-25-10-12-26(13-11-25)18-14-15(2)22-20(21)24-18/h4-7,14H,3,8-13H2,1-2H3,(H,23,27)(H2,21,22,24). The first-order valence-corrected chi connectivity index (χ1v) is 9.51. The molecule has 0 radical (unpaired) electrons. The van der Waals surface area contributed by atoms with Gasteiger partial charge in [0.15, 0.2) is 0 Å². The van der Waals surface area contributed by atoms with Crippen LogP contribution >= 0.6 is 0 Å². The van der Waals surface area contributed by atoms with Crippen molar-refractivity contribution in [1.82, 2.24) is 14.9 Å². The molecule has 1 amide bonds. The van der Waals surface area contributed by atoms with Gasteiger partial charge in [-0.3, -0.25) is 9.69 Å². The molecule has 2 aromatic rings. The molecule has 0 aliphatic carbocycles. The number of aromatic nitrogens is 2. The van der Waals surface area contributed by atoms with Gasteiger partial charge in [-0.05, 0) is 25.0 Å². The lowest BCUT2D eigenvalue weighted by atomic mass is 10.1. The highest BCUT2D eigenvalue weighted by molar-refractivity contribution is 5.91. The Morgan fingerprint density at radius 2 is 1.93 bits per heavy atom. The van der Waals surface area contributed by atoms with E-state index in [1.165, 1.54) is 5.56 Å². The topological polar surface area (TPSA) is 87.4 Å². The molecule has 0 atom stereocenters. The Morgan fingerprint density at radius 1 is 1.19 bits per heavy atom. The highest BCUT2D eigenvalue weighted by Crippen LogP contribution is 2.17. The van der Waals surface area contributed by atoms with Crippen molar-refractivity contribution < 1.29 is 4.79 Å². The van der Waals surface area contributed by atoms with E-state index >= 15 is 0 Å². The molecule has 0 bridgehead atoms. The maximum absolute atomic E-state index is 12.3. The fourth-order valence-electron chi connectivity index (χ4n) is 3.36. The molecular formula is C20H28N6O. The summed E-state index contributed by atoms with van der Waals surface area (Å²) >= 11 is 0. The minimum atomic E-state index is 0.0672. The summed E-state index contributed by atoms with van der Waals surface area (Å²) in [6, 6.07) is 9.93. The summed E-state index contributed by atoms with van der Waals surface area (Å²) in [7, 11) is 0. The molecule has 7 heteroatoms. The number of rotatable bonds is 6. The van der Waals surface area contributed by atoms with Gasteiger partial charge in [-0.25, -0.2) is 4.98 Å². The number of nitrogens with two attached hydrogens (primary N) is 1. The van der Waals surface area contributed by atoms with Crippen LogP contribution in [0.15, 0.2) is 30.3 Å². The molecule has 1 aliphatic heterocycles. The number of aryl methyl sites for hydroxylation is 2. The van der Waals surface area contributed by atoms with Crippen molar-refractivity contribution in [3.63, 3.8) is 0 Å². The number of nitrogens with one attached hydrogen (secondary N) is 1. The molecule has 3 N–H and O–H groups in total. The Morgan fingerprint density at radius 3 is 2.63 bits per heavy atom. The third kappa shape index (κ3) is 5.17. The van der Waals surface area contributed by atoms with E-state index in [9.17, 15) is 4.79 Å². The van der Waals surface area contributed by atoms with Crippen LogP contribution in [-0.4, -0.2) is 53.5 Å². The van der Waals surface area contributed by atoms with Crippen LogP contribution in [0.3, 0.4) is 0 Å². The van der Waals surface area contributed by atoms with Crippen LogP contribution in [0.1, 0.15) is 24.6 Å². The molecule has 2 heterocycles. The summed E-state index contributed by atoms with van der Waals surface area (Å²) in [4.78, 5) is 25.3. The van der Waals surface area contributed by atoms with E-state index in [0.717, 1.165) is 56.3 Å². The minimum Gasteiger partial charge on any atom is -0.368 e. The average Bonchev–Trinajstić information content (AvgIpc) is 2.66. The zero-order valence-electron chi connectivity index (χ0n) is 16.1. The molecule has 0 unspecified atom stereocenters. The Bertz CT molecular complexity index is 766. The summed E-state index contributed by atoms with van der Waals surface area (Å²) in [5.41, 5.74) is 8.72. The number of amides is 1. The quantitative estimate of drug-likeness (QED) is 0.812. The number of anilines is 3. The lowest BCUT2D eigenvalue weighted by Gasteiger charge is -2.35. The number of hydrogen-bond donors (Lipinski definition) is 2. The van der Waals surface area contributed by atoms with E-state index in [1.807, 2.05) is 31.2 Å². The molecular weight excluding hydrogens is 340 g/mol. The third-order valence-corrected chi connectivity index (χ3v) is 4.88. The number of piperazine rings is 1. The normalized spacial score (nSPS) is 15.0. The number of hydrogen-bond acceptors (Lipinski definition) is 6. The Balaban J connectivity index is 1.46. The van der Waals surface area contributed by atoms with Gasteiger partial charge < -0.3 is 16.0 Å². The molecule has 7 nitrogen and oxygen atoms in total. The van der Waals surface area contributed by atoms with Crippen molar-refractivity contribution in [3.05, 3.63) is 41.6 Å². The average molecular weight is 368 g/mol. The molecule has 1 fully saturated rings. The first kappa shape index (κ1) is 19.1. The van der Waals surface area contributed by atoms with Crippen LogP contribution < -0.4 is 16.0 Å². The van der Waals surface area contributed by atoms with Gasteiger partial charge in [-0.15, -0.1) is 0 Å². The second kappa shape index (κ2) is 8.81. The summed E-state index contributed by atoms with van der Waals surface area (Å²) in [6.07, 6.45) is 1.41. The summed E-state index contributed by atoms with van der Waals surface area (Å²) in [5.74, 6) is 1.27. The maximum atomic E-state index is 12.3. The zero-order valence-corrected chi connectivity index (χ0v) is 16.1. The van der Waals surface area contributed by atoms with Gasteiger partial charge in [0.05, 0.1) is 0 Å². The van der Waals surface area contributed by atoms with Crippen molar-refractivity contribution in [3.8, 4) is 0 Å². The van der Waals surface area contributed by atoms with Crippen LogP contribution in [0.4, 0.5) is 17.5 Å². The van der Waals surface area contributed by atoms with Gasteiger partial charge >= 0.3 is 0 Å². The number of nitrogen functional groups attached to an aromatic ring is 1. The second-order valence-electron chi connectivity index (χ2n) is 6.86. The molecule has 1 aliphatic rings. The van der Waals surface area contributed by atoms with Crippen molar-refractivity contribution in [1.29, 1.82) is 0 Å². The number of carbonyl (C=O) groups is 1. The second-order valence-corrected chi connectivity index (χ2v) is 6.86. The molecule has 0 spiro atoms. The van der Waals surface area contributed by atoms with Crippen LogP contribution in [0.2, 0.25) is 0 Å². The predicted molar refractivity (Wildman–Crippen MR) is 109 cm³/mol. The Hall–Kier alpha value is -2.67. The monoisotopic (exact) mass is 368 g/mol. The molecule has 144 valence electrons. The Labute approximate surface area is 160 Å². The van der Waals surface area contributed by atoms with Crippen LogP contribution in [0.25, 0.3) is 0 Å². The van der Waals surface area contributed by atoms with Gasteiger partial charge in [0.25, 0.3) is 0 Å². The van der Waals surface area contributed by atoms with E-state index < -0.39 is 0 Å². The number of benzene rings is 1. The number of carbonyl (C=O) groups excluding carboxylic acids is 1. The molecule has 1 saturated heterocycles. The minimum absolute atomic E-state index is 0.0672. The smallest absolute Gasteiger partial charge is 0.225 e. The molecule has 1 aromatic heterocycles. The Kier molecular flexibility index (Phi) is 6.24. The van der Waals surface area contributed by atoms with E-state index in [1.54, 1.807) is 0 Å². The summed E-state index contributed by atoms with van der Waals surface area (Å²) in [6.45, 7) is 8.33. The van der Waals surface area contributed by atoms with E-state index in [2.05, 4.69) is 38.1 Å². The first-order valence-electron chi connectivity index (χ1n) is 9.51. The van der Waals surface area contributed by atoms with Gasteiger partial charge in [0.2, 0.25) is 11.9 Å². The highest BCUT2D eigenvalue weighted by Gasteiger charge is 2.19. The van der Waals surface area contributed by atoms with Crippen molar-refractivity contribution in [2.75, 3.05) is 48.7 Å². The largest absolute Gasteiger partial charge is 0.368 e. The molecule has 0 saturated carbocycles. The van der Waals surface area contributed by atoms with Gasteiger partial charge in [-0.2, -0.15) is 4.98 Å². The van der Waals surface area contributed by atoms with E-state index in [-0.39, 0.29) is 5.91 Å². The van der Waals surface area contributed by atoms with E-state index in [0.29, 0.717) is 12.4 Å². The van der Waals surface area contributed by atoms with Crippen LogP contribution in [-0.2, 0) is 11.2 Å². The van der Waals surface area contributed by atoms with Crippen molar-refractivity contribution in [2.24, 2.45) is 0 Å². The third-order valence-electron chi connectivity index (χ3n) is 4.88. The lowest BCUT2D eigenvalue weighted by Crippen LogP contribution is -2.47. The van der Waals surface area contributed by atoms with Crippen molar-refractivity contribution >= 4 is 23.4 Å². The predicted octanol–water partition coefficient (Wildman–Crippen LogP) is 2.08. The zero-order chi connectivity index (χ0) is 19.2.